The summed E-state index contributed by atoms with van der Waals surface area (Å²) in [4.78, 5) is 16.0. The first-order valence-corrected chi connectivity index (χ1v) is 13.0. The zero-order valence-electron chi connectivity index (χ0n) is 18.8. The fraction of sp³-hybridized carbons (Fsp3) is 0.292. The third-order valence-electron chi connectivity index (χ3n) is 5.67. The summed E-state index contributed by atoms with van der Waals surface area (Å²) in [6.45, 7) is 9.00. The van der Waals surface area contributed by atoms with Crippen molar-refractivity contribution >= 4 is 44.3 Å². The van der Waals surface area contributed by atoms with E-state index in [-0.39, 0.29) is 16.5 Å². The molecular weight excluding hydrogens is 458 g/mol. The highest BCUT2D eigenvalue weighted by molar-refractivity contribution is 7.92. The summed E-state index contributed by atoms with van der Waals surface area (Å²) in [7, 11) is -3.80. The Hall–Kier alpha value is -2.88. The third kappa shape index (κ3) is 4.90. The van der Waals surface area contributed by atoms with E-state index in [1.54, 1.807) is 29.6 Å². The van der Waals surface area contributed by atoms with Gasteiger partial charge >= 0.3 is 0 Å². The predicted octanol–water partition coefficient (Wildman–Crippen LogP) is 4.56. The van der Waals surface area contributed by atoms with E-state index in [1.165, 1.54) is 23.5 Å². The maximum atomic E-state index is 13.2. The van der Waals surface area contributed by atoms with Gasteiger partial charge in [0.1, 0.15) is 4.88 Å². The Morgan fingerprint density at radius 1 is 1.03 bits per heavy atom. The van der Waals surface area contributed by atoms with Gasteiger partial charge in [-0.1, -0.05) is 24.3 Å². The SMILES string of the molecule is Cc1cc(C)c(N2CCOCC2)c(C)c1NC(=O)c1sccc1NS(=O)(=O)c1ccccc1. The molecule has 1 aliphatic rings. The molecule has 33 heavy (non-hydrogen) atoms. The van der Waals surface area contributed by atoms with Crippen LogP contribution in [0.15, 0.2) is 52.7 Å². The molecule has 2 N–H and O–H groups in total. The molecule has 2 heterocycles. The lowest BCUT2D eigenvalue weighted by atomic mass is 10.0. The molecule has 3 aromatic rings. The Kier molecular flexibility index (Phi) is 6.73. The Balaban J connectivity index is 1.61. The lowest BCUT2D eigenvalue weighted by Crippen LogP contribution is -2.37. The highest BCUT2D eigenvalue weighted by Crippen LogP contribution is 2.35. The molecule has 0 aliphatic carbocycles. The van der Waals surface area contributed by atoms with Gasteiger partial charge in [-0.25, -0.2) is 8.42 Å². The summed E-state index contributed by atoms with van der Waals surface area (Å²) in [5.74, 6) is -0.348. The van der Waals surface area contributed by atoms with E-state index in [9.17, 15) is 13.2 Å². The van der Waals surface area contributed by atoms with Crippen molar-refractivity contribution in [2.45, 2.75) is 25.7 Å². The number of morpholine rings is 1. The van der Waals surface area contributed by atoms with Crippen LogP contribution >= 0.6 is 11.3 Å². The van der Waals surface area contributed by atoms with Crippen molar-refractivity contribution < 1.29 is 17.9 Å². The number of carbonyl (C=O) groups excluding carboxylic acids is 1. The number of benzene rings is 2. The van der Waals surface area contributed by atoms with Gasteiger partial charge in [-0.3, -0.25) is 9.52 Å². The van der Waals surface area contributed by atoms with Crippen molar-refractivity contribution in [2.24, 2.45) is 0 Å². The monoisotopic (exact) mass is 485 g/mol. The van der Waals surface area contributed by atoms with Crippen LogP contribution in [0.3, 0.4) is 0 Å². The molecule has 1 fully saturated rings. The Bertz CT molecular complexity index is 1260. The van der Waals surface area contributed by atoms with E-state index in [4.69, 9.17) is 4.74 Å². The molecule has 0 radical (unpaired) electrons. The van der Waals surface area contributed by atoms with Gasteiger partial charge in [0.25, 0.3) is 15.9 Å². The summed E-state index contributed by atoms with van der Waals surface area (Å²) >= 11 is 1.19. The predicted molar refractivity (Wildman–Crippen MR) is 133 cm³/mol. The van der Waals surface area contributed by atoms with Gasteiger partial charge in [-0.05, 0) is 61.0 Å². The van der Waals surface area contributed by atoms with Crippen LogP contribution in [0.5, 0.6) is 0 Å². The number of hydrogen-bond acceptors (Lipinski definition) is 6. The second kappa shape index (κ2) is 9.54. The van der Waals surface area contributed by atoms with Crippen molar-refractivity contribution in [3.63, 3.8) is 0 Å². The van der Waals surface area contributed by atoms with Crippen LogP contribution in [0.2, 0.25) is 0 Å². The Labute approximate surface area is 198 Å². The zero-order valence-corrected chi connectivity index (χ0v) is 20.5. The van der Waals surface area contributed by atoms with E-state index >= 15 is 0 Å². The average Bonchev–Trinajstić information content (AvgIpc) is 3.25. The van der Waals surface area contributed by atoms with Gasteiger partial charge in [0, 0.05) is 24.5 Å². The van der Waals surface area contributed by atoms with E-state index in [2.05, 4.69) is 27.9 Å². The second-order valence-electron chi connectivity index (χ2n) is 7.99. The largest absolute Gasteiger partial charge is 0.378 e. The maximum Gasteiger partial charge on any atom is 0.267 e. The Morgan fingerprint density at radius 3 is 2.42 bits per heavy atom. The van der Waals surface area contributed by atoms with Crippen LogP contribution in [-0.4, -0.2) is 40.6 Å². The van der Waals surface area contributed by atoms with Gasteiger partial charge in [0.15, 0.2) is 0 Å². The van der Waals surface area contributed by atoms with Crippen LogP contribution in [0.4, 0.5) is 17.1 Å². The first-order valence-electron chi connectivity index (χ1n) is 10.7. The lowest BCUT2D eigenvalue weighted by Gasteiger charge is -2.32. The fourth-order valence-corrected chi connectivity index (χ4v) is 6.08. The molecule has 1 aromatic heterocycles. The van der Waals surface area contributed by atoms with Gasteiger partial charge in [-0.2, -0.15) is 0 Å². The van der Waals surface area contributed by atoms with Crippen LogP contribution < -0.4 is 14.9 Å². The van der Waals surface area contributed by atoms with Gasteiger partial charge in [0.2, 0.25) is 0 Å². The van der Waals surface area contributed by atoms with Crippen LogP contribution in [0.25, 0.3) is 0 Å². The quantitative estimate of drug-likeness (QED) is 0.534. The molecule has 0 saturated carbocycles. The summed E-state index contributed by atoms with van der Waals surface area (Å²) in [5.41, 5.74) is 5.21. The topological polar surface area (TPSA) is 87.7 Å². The van der Waals surface area contributed by atoms with Crippen LogP contribution in [0.1, 0.15) is 26.4 Å². The zero-order chi connectivity index (χ0) is 23.6. The van der Waals surface area contributed by atoms with E-state index in [1.807, 2.05) is 13.8 Å². The van der Waals surface area contributed by atoms with E-state index in [0.29, 0.717) is 18.1 Å². The molecule has 1 aliphatic heterocycles. The summed E-state index contributed by atoms with van der Waals surface area (Å²) in [6.07, 6.45) is 0. The number of ether oxygens (including phenoxy) is 1. The summed E-state index contributed by atoms with van der Waals surface area (Å²) in [5, 5.41) is 4.73. The highest BCUT2D eigenvalue weighted by Gasteiger charge is 2.23. The number of nitrogens with zero attached hydrogens (tertiary/aromatic N) is 1. The van der Waals surface area contributed by atoms with Gasteiger partial charge < -0.3 is 15.0 Å². The van der Waals surface area contributed by atoms with Crippen molar-refractivity contribution in [1.29, 1.82) is 0 Å². The van der Waals surface area contributed by atoms with Crippen molar-refractivity contribution in [3.05, 3.63) is 69.4 Å². The Morgan fingerprint density at radius 2 is 1.73 bits per heavy atom. The summed E-state index contributed by atoms with van der Waals surface area (Å²) in [6, 6.07) is 11.8. The fourth-order valence-electron chi connectivity index (χ4n) is 4.18. The smallest absolute Gasteiger partial charge is 0.267 e. The number of sulfonamides is 1. The van der Waals surface area contributed by atoms with Crippen molar-refractivity contribution in [2.75, 3.05) is 41.2 Å². The maximum absolute atomic E-state index is 13.2. The molecule has 9 heteroatoms. The molecule has 1 saturated heterocycles. The van der Waals surface area contributed by atoms with Crippen molar-refractivity contribution in [3.8, 4) is 0 Å². The third-order valence-corrected chi connectivity index (χ3v) is 7.96. The minimum Gasteiger partial charge on any atom is -0.378 e. The molecule has 4 rings (SSSR count). The van der Waals surface area contributed by atoms with Gasteiger partial charge in [-0.15, -0.1) is 11.3 Å². The van der Waals surface area contributed by atoms with E-state index in [0.717, 1.165) is 41.2 Å². The number of hydrogen-bond donors (Lipinski definition) is 2. The molecule has 0 unspecified atom stereocenters. The molecule has 0 bridgehead atoms. The first kappa shape index (κ1) is 23.3. The first-order chi connectivity index (χ1) is 15.8. The summed E-state index contributed by atoms with van der Waals surface area (Å²) < 4.78 is 33.5. The minimum atomic E-state index is -3.80. The van der Waals surface area contributed by atoms with E-state index < -0.39 is 10.0 Å². The molecule has 174 valence electrons. The number of nitrogens with one attached hydrogen (secondary N) is 2. The minimum absolute atomic E-state index is 0.142. The normalized spacial score (nSPS) is 14.2. The lowest BCUT2D eigenvalue weighted by molar-refractivity contribution is 0.103. The number of amides is 1. The molecule has 0 atom stereocenters. The van der Waals surface area contributed by atoms with Gasteiger partial charge in [0.05, 0.1) is 23.8 Å². The number of carbonyl (C=O) groups is 1. The molecule has 1 amide bonds. The molecule has 0 spiro atoms. The van der Waals surface area contributed by atoms with Crippen LogP contribution in [-0.2, 0) is 14.8 Å². The number of thiophene rings is 1. The second-order valence-corrected chi connectivity index (χ2v) is 10.6. The molecule has 2 aromatic carbocycles. The highest BCUT2D eigenvalue weighted by atomic mass is 32.2. The van der Waals surface area contributed by atoms with Crippen molar-refractivity contribution in [1.82, 2.24) is 0 Å². The standard InChI is InChI=1S/C24H27N3O4S2/c1-16-15-17(2)22(27-10-12-31-13-11-27)18(3)21(16)25-24(28)23-20(9-14-32-23)26-33(29,30)19-7-5-4-6-8-19/h4-9,14-15,26H,10-13H2,1-3H3,(H,25,28). The number of aryl methyl sites for hydroxylation is 2. The van der Waals surface area contributed by atoms with Crippen LogP contribution in [0, 0.1) is 20.8 Å². The molecule has 7 nitrogen and oxygen atoms in total. The number of anilines is 3. The molecular formula is C24H27N3O4S2. The number of rotatable bonds is 6. The average molecular weight is 486 g/mol.